The Morgan fingerprint density at radius 2 is 1.97 bits per heavy atom. The number of nitrogens with zero attached hydrogens (tertiary/aromatic N) is 2. The van der Waals surface area contributed by atoms with Crippen LogP contribution in [-0.4, -0.2) is 31.2 Å². The molecule has 0 atom stereocenters. The maximum Gasteiger partial charge on any atom is 0.337 e. The van der Waals surface area contributed by atoms with Crippen molar-refractivity contribution in [2.75, 3.05) is 19.1 Å². The predicted octanol–water partition coefficient (Wildman–Crippen LogP) is 5.42. The molecule has 0 saturated heterocycles. The monoisotopic (exact) mass is 392 g/mol. The number of ether oxygens (including phenoxy) is 1. The first-order valence-electron chi connectivity index (χ1n) is 9.32. The van der Waals surface area contributed by atoms with Gasteiger partial charge in [-0.2, -0.15) is 0 Å². The second-order valence-corrected chi connectivity index (χ2v) is 7.24. The average Bonchev–Trinajstić information content (AvgIpc) is 3.13. The lowest BCUT2D eigenvalue weighted by Gasteiger charge is -2.26. The number of furan rings is 1. The Labute approximate surface area is 167 Å². The quantitative estimate of drug-likeness (QED) is 0.434. The van der Waals surface area contributed by atoms with Crippen LogP contribution < -0.4 is 4.90 Å². The van der Waals surface area contributed by atoms with Gasteiger partial charge in [-0.05, 0) is 50.2 Å². The molecule has 0 saturated carbocycles. The molecule has 0 aliphatic carbocycles. The Morgan fingerprint density at radius 3 is 2.69 bits per heavy atom. The molecule has 0 fully saturated rings. The number of carbonyl (C=O) groups is 1. The third-order valence-electron chi connectivity index (χ3n) is 5.15. The van der Waals surface area contributed by atoms with E-state index in [1.54, 1.807) is 30.5 Å². The number of benzene rings is 2. The fourth-order valence-corrected chi connectivity index (χ4v) is 3.36. The zero-order valence-corrected chi connectivity index (χ0v) is 16.7. The van der Waals surface area contributed by atoms with Crippen LogP contribution in [0, 0.1) is 5.82 Å². The standard InChI is InChI=1S/C23H21FN2O3/c1-13(2)26(3)19-12-25-18-8-6-15(23(27)28-4)9-17(18)22(19)21-10-14-5-7-16(24)11-20(14)29-21/h5-13H,1-4H3. The highest BCUT2D eigenvalue weighted by atomic mass is 19.1. The first-order chi connectivity index (χ1) is 13.9. The number of anilines is 1. The lowest BCUT2D eigenvalue weighted by atomic mass is 10.0. The van der Waals surface area contributed by atoms with Gasteiger partial charge in [0.2, 0.25) is 0 Å². The second-order valence-electron chi connectivity index (χ2n) is 7.24. The highest BCUT2D eigenvalue weighted by Gasteiger charge is 2.20. The molecule has 4 aromatic rings. The Hall–Kier alpha value is -3.41. The SMILES string of the molecule is COC(=O)c1ccc2ncc(N(C)C(C)C)c(-c3cc4ccc(F)cc4o3)c2c1. The van der Waals surface area contributed by atoms with Gasteiger partial charge in [0.1, 0.15) is 17.2 Å². The highest BCUT2D eigenvalue weighted by molar-refractivity contribution is 6.04. The van der Waals surface area contributed by atoms with Crippen molar-refractivity contribution in [2.45, 2.75) is 19.9 Å². The van der Waals surface area contributed by atoms with Crippen molar-refractivity contribution in [2.24, 2.45) is 0 Å². The van der Waals surface area contributed by atoms with Crippen molar-refractivity contribution >= 4 is 33.5 Å². The van der Waals surface area contributed by atoms with Gasteiger partial charge in [0.15, 0.2) is 0 Å². The minimum atomic E-state index is -0.424. The first kappa shape index (κ1) is 18.9. The molecule has 0 spiro atoms. The van der Waals surface area contributed by atoms with Gasteiger partial charge in [-0.1, -0.05) is 0 Å². The van der Waals surface area contributed by atoms with E-state index in [9.17, 15) is 9.18 Å². The topological polar surface area (TPSA) is 55.6 Å². The molecular weight excluding hydrogens is 371 g/mol. The molecule has 2 heterocycles. The van der Waals surface area contributed by atoms with E-state index in [0.29, 0.717) is 16.9 Å². The zero-order valence-electron chi connectivity index (χ0n) is 16.7. The summed E-state index contributed by atoms with van der Waals surface area (Å²) in [5.41, 5.74) is 3.27. The molecule has 5 nitrogen and oxygen atoms in total. The van der Waals surface area contributed by atoms with E-state index in [4.69, 9.17) is 9.15 Å². The van der Waals surface area contributed by atoms with Gasteiger partial charge in [0.25, 0.3) is 0 Å². The van der Waals surface area contributed by atoms with Crippen molar-refractivity contribution in [1.29, 1.82) is 0 Å². The number of methoxy groups -OCH3 is 1. The maximum absolute atomic E-state index is 13.7. The molecule has 4 rings (SSSR count). The van der Waals surface area contributed by atoms with Crippen LogP contribution in [0.3, 0.4) is 0 Å². The summed E-state index contributed by atoms with van der Waals surface area (Å²) in [6, 6.07) is 11.8. The van der Waals surface area contributed by atoms with Gasteiger partial charge in [-0.15, -0.1) is 0 Å². The van der Waals surface area contributed by atoms with E-state index >= 15 is 0 Å². The Morgan fingerprint density at radius 1 is 1.17 bits per heavy atom. The average molecular weight is 392 g/mol. The van der Waals surface area contributed by atoms with E-state index in [0.717, 1.165) is 27.5 Å². The number of rotatable bonds is 4. The van der Waals surface area contributed by atoms with Gasteiger partial charge in [-0.25, -0.2) is 9.18 Å². The number of hydrogen-bond acceptors (Lipinski definition) is 5. The van der Waals surface area contributed by atoms with Crippen LogP contribution in [0.15, 0.2) is 53.1 Å². The molecule has 0 amide bonds. The summed E-state index contributed by atoms with van der Waals surface area (Å²) in [5, 5.41) is 1.56. The Balaban J connectivity index is 2.05. The van der Waals surface area contributed by atoms with Crippen molar-refractivity contribution in [1.82, 2.24) is 4.98 Å². The first-order valence-corrected chi connectivity index (χ1v) is 9.32. The molecule has 0 aliphatic heterocycles. The van der Waals surface area contributed by atoms with E-state index in [2.05, 4.69) is 23.7 Å². The molecule has 0 unspecified atom stereocenters. The predicted molar refractivity (Wildman–Crippen MR) is 112 cm³/mol. The zero-order chi connectivity index (χ0) is 20.7. The normalized spacial score (nSPS) is 11.4. The number of fused-ring (bicyclic) bond motifs is 2. The number of pyridine rings is 1. The summed E-state index contributed by atoms with van der Waals surface area (Å²) in [6.45, 7) is 4.15. The fraction of sp³-hybridized carbons (Fsp3) is 0.217. The van der Waals surface area contributed by atoms with Gasteiger partial charge in [-0.3, -0.25) is 4.98 Å². The summed E-state index contributed by atoms with van der Waals surface area (Å²) in [5.74, 6) is -0.194. The largest absolute Gasteiger partial charge is 0.465 e. The Kier molecular flexibility index (Phi) is 4.70. The number of esters is 1. The number of halogens is 1. The van der Waals surface area contributed by atoms with Crippen LogP contribution in [0.5, 0.6) is 0 Å². The molecule has 29 heavy (non-hydrogen) atoms. The van der Waals surface area contributed by atoms with Gasteiger partial charge < -0.3 is 14.1 Å². The molecule has 0 bridgehead atoms. The Bertz CT molecular complexity index is 1230. The van der Waals surface area contributed by atoms with Crippen LogP contribution in [0.25, 0.3) is 33.2 Å². The summed E-state index contributed by atoms with van der Waals surface area (Å²) >= 11 is 0. The lowest BCUT2D eigenvalue weighted by Crippen LogP contribution is -2.26. The van der Waals surface area contributed by atoms with Crippen LogP contribution in [-0.2, 0) is 4.74 Å². The summed E-state index contributed by atoms with van der Waals surface area (Å²) < 4.78 is 24.6. The van der Waals surface area contributed by atoms with Crippen LogP contribution in [0.4, 0.5) is 10.1 Å². The molecule has 2 aromatic heterocycles. The molecular formula is C23H21FN2O3. The third kappa shape index (κ3) is 3.31. The van der Waals surface area contributed by atoms with Gasteiger partial charge in [0, 0.05) is 29.9 Å². The minimum absolute atomic E-state index is 0.207. The van der Waals surface area contributed by atoms with E-state index in [-0.39, 0.29) is 11.9 Å². The molecule has 0 aliphatic rings. The minimum Gasteiger partial charge on any atom is -0.465 e. The van der Waals surface area contributed by atoms with E-state index < -0.39 is 5.97 Å². The maximum atomic E-state index is 13.7. The van der Waals surface area contributed by atoms with Gasteiger partial charge >= 0.3 is 5.97 Å². The van der Waals surface area contributed by atoms with Crippen molar-refractivity contribution in [3.63, 3.8) is 0 Å². The molecule has 0 N–H and O–H groups in total. The van der Waals surface area contributed by atoms with Gasteiger partial charge in [0.05, 0.1) is 35.6 Å². The third-order valence-corrected chi connectivity index (χ3v) is 5.15. The number of hydrogen-bond donors (Lipinski definition) is 0. The van der Waals surface area contributed by atoms with Crippen molar-refractivity contribution < 1.29 is 18.3 Å². The summed E-state index contributed by atoms with van der Waals surface area (Å²) in [4.78, 5) is 18.7. The molecule has 6 heteroatoms. The smallest absolute Gasteiger partial charge is 0.337 e. The van der Waals surface area contributed by atoms with Crippen molar-refractivity contribution in [3.8, 4) is 11.3 Å². The van der Waals surface area contributed by atoms with Crippen LogP contribution in [0.2, 0.25) is 0 Å². The highest BCUT2D eigenvalue weighted by Crippen LogP contribution is 2.40. The molecule has 148 valence electrons. The van der Waals surface area contributed by atoms with Crippen LogP contribution in [0.1, 0.15) is 24.2 Å². The second kappa shape index (κ2) is 7.20. The summed E-state index contributed by atoms with van der Waals surface area (Å²) in [6.07, 6.45) is 1.79. The molecule has 2 aromatic carbocycles. The fourth-order valence-electron chi connectivity index (χ4n) is 3.36. The molecule has 0 radical (unpaired) electrons. The lowest BCUT2D eigenvalue weighted by molar-refractivity contribution is 0.0601. The van der Waals surface area contributed by atoms with Crippen LogP contribution >= 0.6 is 0 Å². The number of carbonyl (C=O) groups excluding carboxylic acids is 1. The van der Waals surface area contributed by atoms with E-state index in [1.807, 2.05) is 13.1 Å². The number of aromatic nitrogens is 1. The summed E-state index contributed by atoms with van der Waals surface area (Å²) in [7, 11) is 3.33. The van der Waals surface area contributed by atoms with Crippen molar-refractivity contribution in [3.05, 3.63) is 60.0 Å². The van der Waals surface area contributed by atoms with E-state index in [1.165, 1.54) is 19.2 Å².